The fraction of sp³-hybridized carbons (Fsp3) is 1.00. The molecule has 8 heteroatoms. The van der Waals surface area contributed by atoms with Gasteiger partial charge in [-0.3, -0.25) is 0 Å². The molecule has 102 valence electrons. The number of methoxy groups -OCH3 is 1. The number of sulfone groups is 1. The quantitative estimate of drug-likeness (QED) is 0.655. The highest BCUT2D eigenvalue weighted by atomic mass is 32.2. The summed E-state index contributed by atoms with van der Waals surface area (Å²) in [7, 11) is -5.11. The highest BCUT2D eigenvalue weighted by Gasteiger charge is 2.43. The highest BCUT2D eigenvalue weighted by molar-refractivity contribution is 7.92. The zero-order chi connectivity index (χ0) is 13.3. The molecule has 0 aliphatic carbocycles. The third kappa shape index (κ3) is 2.98. The van der Waals surface area contributed by atoms with Crippen LogP contribution in [0.25, 0.3) is 0 Å². The van der Waals surface area contributed by atoms with Crippen LogP contribution in [-0.4, -0.2) is 64.2 Å². The smallest absolute Gasteiger partial charge is 0.219 e. The van der Waals surface area contributed by atoms with E-state index < -0.39 is 30.4 Å². The maximum absolute atomic E-state index is 11.9. The maximum Gasteiger partial charge on any atom is 0.219 e. The van der Waals surface area contributed by atoms with Gasteiger partial charge in [-0.25, -0.2) is 16.8 Å². The lowest BCUT2D eigenvalue weighted by Gasteiger charge is -2.38. The van der Waals surface area contributed by atoms with Crippen molar-refractivity contribution in [2.24, 2.45) is 0 Å². The molecule has 0 bridgehead atoms. The van der Waals surface area contributed by atoms with Gasteiger partial charge in [-0.1, -0.05) is 6.92 Å². The van der Waals surface area contributed by atoms with Crippen molar-refractivity contribution < 1.29 is 21.6 Å². The Bertz CT molecular complexity index is 450. The van der Waals surface area contributed by atoms with E-state index in [0.717, 1.165) is 0 Å². The van der Waals surface area contributed by atoms with Crippen LogP contribution in [0.3, 0.4) is 0 Å². The topological polar surface area (TPSA) is 80.8 Å². The van der Waals surface area contributed by atoms with Gasteiger partial charge in [-0.05, 0) is 6.92 Å². The molecule has 1 fully saturated rings. The van der Waals surface area contributed by atoms with Crippen LogP contribution >= 0.6 is 0 Å². The summed E-state index contributed by atoms with van der Waals surface area (Å²) in [5.74, 6) is 0.0547. The molecule has 0 aromatic heterocycles. The number of rotatable bonds is 6. The molecule has 0 saturated carbocycles. The highest BCUT2D eigenvalue weighted by Crippen LogP contribution is 2.23. The molecule has 1 rings (SSSR count). The van der Waals surface area contributed by atoms with Crippen molar-refractivity contribution >= 4 is 19.9 Å². The fourth-order valence-corrected chi connectivity index (χ4v) is 4.71. The summed E-state index contributed by atoms with van der Waals surface area (Å²) in [4.78, 5) is 0. The molecule has 0 N–H and O–H groups in total. The van der Waals surface area contributed by atoms with Gasteiger partial charge in [0.05, 0.1) is 17.1 Å². The van der Waals surface area contributed by atoms with Crippen molar-refractivity contribution in [3.8, 4) is 0 Å². The van der Waals surface area contributed by atoms with Gasteiger partial charge in [0.2, 0.25) is 10.0 Å². The van der Waals surface area contributed by atoms with E-state index in [1.165, 1.54) is 11.4 Å². The van der Waals surface area contributed by atoms with E-state index in [-0.39, 0.29) is 25.4 Å². The van der Waals surface area contributed by atoms with Gasteiger partial charge >= 0.3 is 0 Å². The minimum atomic E-state index is -3.42. The van der Waals surface area contributed by atoms with Crippen molar-refractivity contribution in [2.45, 2.75) is 24.3 Å². The third-order valence-electron chi connectivity index (χ3n) is 2.99. The Hall–Kier alpha value is -0.180. The minimum Gasteiger partial charge on any atom is -0.383 e. The predicted octanol–water partition coefficient (Wildman–Crippen LogP) is -0.530. The monoisotopic (exact) mass is 285 g/mol. The molecule has 1 aliphatic rings. The molecule has 0 spiro atoms. The average Bonchev–Trinajstić information content (AvgIpc) is 2.14. The predicted molar refractivity (Wildman–Crippen MR) is 65.1 cm³/mol. The van der Waals surface area contributed by atoms with Crippen LogP contribution in [0, 0.1) is 0 Å². The molecule has 1 saturated heterocycles. The zero-order valence-electron chi connectivity index (χ0n) is 10.3. The van der Waals surface area contributed by atoms with E-state index in [0.29, 0.717) is 0 Å². The van der Waals surface area contributed by atoms with Gasteiger partial charge in [0.15, 0.2) is 9.84 Å². The van der Waals surface area contributed by atoms with E-state index in [2.05, 4.69) is 0 Å². The number of ether oxygens (including phenoxy) is 1. The number of hydrogen-bond acceptors (Lipinski definition) is 5. The van der Waals surface area contributed by atoms with Crippen LogP contribution in [-0.2, 0) is 24.6 Å². The van der Waals surface area contributed by atoms with E-state index in [1.54, 1.807) is 13.8 Å². The van der Waals surface area contributed by atoms with Crippen LogP contribution in [0.15, 0.2) is 0 Å². The summed E-state index contributed by atoms with van der Waals surface area (Å²) in [6.45, 7) is 3.39. The molecule has 1 heterocycles. The summed E-state index contributed by atoms with van der Waals surface area (Å²) < 4.78 is 52.9. The maximum atomic E-state index is 11.9. The standard InChI is InChI=1S/C9H19NO5S2/c1-4-16(11,12)9-5-10(6-9)17(13,14)8(2)7-15-3/h8-9H,4-7H2,1-3H3. The molecular formula is C9H19NO5S2. The van der Waals surface area contributed by atoms with Crippen molar-refractivity contribution in [3.05, 3.63) is 0 Å². The first-order valence-corrected chi connectivity index (χ1v) is 8.67. The van der Waals surface area contributed by atoms with E-state index in [9.17, 15) is 16.8 Å². The fourth-order valence-electron chi connectivity index (χ4n) is 1.65. The normalized spacial score (nSPS) is 21.1. The first kappa shape index (κ1) is 14.9. The Labute approximate surface area is 103 Å². The summed E-state index contributed by atoms with van der Waals surface area (Å²) in [6.07, 6.45) is 0. The Morgan fingerprint density at radius 1 is 1.29 bits per heavy atom. The summed E-state index contributed by atoms with van der Waals surface area (Å²) in [5.41, 5.74) is 0. The minimum absolute atomic E-state index is 0.0547. The van der Waals surface area contributed by atoms with Gasteiger partial charge in [0, 0.05) is 26.0 Å². The summed E-state index contributed by atoms with van der Waals surface area (Å²) >= 11 is 0. The van der Waals surface area contributed by atoms with Crippen molar-refractivity contribution in [1.29, 1.82) is 0 Å². The Morgan fingerprint density at radius 3 is 2.24 bits per heavy atom. The van der Waals surface area contributed by atoms with Gasteiger partial charge in [-0.15, -0.1) is 0 Å². The first-order valence-electron chi connectivity index (χ1n) is 5.45. The van der Waals surface area contributed by atoms with Gasteiger partial charge in [0.1, 0.15) is 0 Å². The van der Waals surface area contributed by atoms with Crippen molar-refractivity contribution in [2.75, 3.05) is 32.6 Å². The average molecular weight is 285 g/mol. The summed E-state index contributed by atoms with van der Waals surface area (Å²) in [5, 5.41) is -1.19. The molecule has 1 unspecified atom stereocenters. The largest absolute Gasteiger partial charge is 0.383 e. The van der Waals surface area contributed by atoms with Crippen LogP contribution < -0.4 is 0 Å². The zero-order valence-corrected chi connectivity index (χ0v) is 11.9. The molecule has 0 aromatic carbocycles. The third-order valence-corrected chi connectivity index (χ3v) is 7.28. The second kappa shape index (κ2) is 5.21. The van der Waals surface area contributed by atoms with Gasteiger partial charge in [-0.2, -0.15) is 4.31 Å². The van der Waals surface area contributed by atoms with Crippen molar-refractivity contribution in [3.63, 3.8) is 0 Å². The molecule has 6 nitrogen and oxygen atoms in total. The van der Waals surface area contributed by atoms with Crippen LogP contribution in [0.4, 0.5) is 0 Å². The Morgan fingerprint density at radius 2 is 1.82 bits per heavy atom. The SMILES string of the molecule is CCS(=O)(=O)C1CN(S(=O)(=O)C(C)COC)C1. The molecule has 0 amide bonds. The molecular weight excluding hydrogens is 266 g/mol. The van der Waals surface area contributed by atoms with Crippen LogP contribution in [0.5, 0.6) is 0 Å². The van der Waals surface area contributed by atoms with Gasteiger partial charge < -0.3 is 4.74 Å². The van der Waals surface area contributed by atoms with Crippen molar-refractivity contribution in [1.82, 2.24) is 4.31 Å². The Balaban J connectivity index is 2.64. The lowest BCUT2D eigenvalue weighted by molar-refractivity contribution is 0.195. The van der Waals surface area contributed by atoms with Gasteiger partial charge in [0.25, 0.3) is 0 Å². The molecule has 1 atom stereocenters. The molecule has 1 aliphatic heterocycles. The lowest BCUT2D eigenvalue weighted by atomic mass is 10.3. The summed E-state index contributed by atoms with van der Waals surface area (Å²) in [6, 6.07) is 0. The van der Waals surface area contributed by atoms with E-state index >= 15 is 0 Å². The molecule has 17 heavy (non-hydrogen) atoms. The molecule has 0 radical (unpaired) electrons. The second-order valence-electron chi connectivity index (χ2n) is 4.20. The number of hydrogen-bond donors (Lipinski definition) is 0. The number of sulfonamides is 1. The van der Waals surface area contributed by atoms with E-state index in [4.69, 9.17) is 4.74 Å². The molecule has 0 aromatic rings. The lowest BCUT2D eigenvalue weighted by Crippen LogP contribution is -2.59. The van der Waals surface area contributed by atoms with E-state index in [1.807, 2.05) is 0 Å². The second-order valence-corrected chi connectivity index (χ2v) is 9.12. The first-order chi connectivity index (χ1) is 7.75. The number of nitrogens with zero attached hydrogens (tertiary/aromatic N) is 1. The van der Waals surface area contributed by atoms with Crippen LogP contribution in [0.1, 0.15) is 13.8 Å². The van der Waals surface area contributed by atoms with Crippen LogP contribution in [0.2, 0.25) is 0 Å². The Kier molecular flexibility index (Phi) is 4.56.